The summed E-state index contributed by atoms with van der Waals surface area (Å²) in [4.78, 5) is 4.07. The Morgan fingerprint density at radius 2 is 2.00 bits per heavy atom. The van der Waals surface area contributed by atoms with Crippen LogP contribution in [0.15, 0.2) is 53.3 Å². The van der Waals surface area contributed by atoms with E-state index in [-0.39, 0.29) is 11.8 Å². The van der Waals surface area contributed by atoms with E-state index in [0.717, 1.165) is 10.9 Å². The molecule has 24 heavy (non-hydrogen) atoms. The molecule has 126 valence electrons. The lowest BCUT2D eigenvalue weighted by atomic mass is 10.1. The maximum atomic E-state index is 12.9. The molecule has 0 aliphatic rings. The number of rotatable bonds is 6. The Kier molecular flexibility index (Phi) is 4.64. The zero-order valence-electron chi connectivity index (χ0n) is 13.6. The number of nitrogens with zero attached hydrogens (tertiary/aromatic N) is 3. The number of benzene rings is 1. The first-order valence-electron chi connectivity index (χ1n) is 7.75. The van der Waals surface area contributed by atoms with Crippen LogP contribution in [0.5, 0.6) is 0 Å². The topological polar surface area (TPSA) is 76.3 Å². The molecule has 0 amide bonds. The molecular formula is C17H19N3O3S. The second-order valence-electron chi connectivity index (χ2n) is 5.55. The summed E-state index contributed by atoms with van der Waals surface area (Å²) in [5.41, 5.74) is 1.88. The van der Waals surface area contributed by atoms with Crippen molar-refractivity contribution in [3.05, 3.63) is 60.0 Å². The maximum Gasteiger partial charge on any atom is 0.220 e. The normalized spacial score (nSPS) is 13.5. The van der Waals surface area contributed by atoms with Gasteiger partial charge in [-0.15, -0.1) is 0 Å². The van der Waals surface area contributed by atoms with Gasteiger partial charge < -0.3 is 4.52 Å². The van der Waals surface area contributed by atoms with Gasteiger partial charge in [0.15, 0.2) is 5.58 Å². The van der Waals surface area contributed by atoms with Gasteiger partial charge in [-0.25, -0.2) is 8.42 Å². The minimum Gasteiger partial charge on any atom is -0.356 e. The zero-order chi connectivity index (χ0) is 17.2. The summed E-state index contributed by atoms with van der Waals surface area (Å²) in [5, 5.41) is 4.66. The van der Waals surface area contributed by atoms with Crippen molar-refractivity contribution in [2.24, 2.45) is 0 Å². The van der Waals surface area contributed by atoms with Crippen LogP contribution in [0.3, 0.4) is 0 Å². The molecule has 1 unspecified atom stereocenters. The number of aromatic nitrogens is 2. The molecular weight excluding hydrogens is 326 g/mol. The Balaban J connectivity index is 1.90. The highest BCUT2D eigenvalue weighted by atomic mass is 32.2. The van der Waals surface area contributed by atoms with E-state index in [1.165, 1.54) is 4.31 Å². The second kappa shape index (κ2) is 6.70. The molecule has 2 heterocycles. The molecule has 0 aliphatic heterocycles. The van der Waals surface area contributed by atoms with Crippen LogP contribution in [0.4, 0.5) is 0 Å². The first-order chi connectivity index (χ1) is 11.5. The van der Waals surface area contributed by atoms with E-state index >= 15 is 0 Å². The summed E-state index contributed by atoms with van der Waals surface area (Å²) in [5.74, 6) is -0.192. The van der Waals surface area contributed by atoms with Gasteiger partial charge in [0, 0.05) is 30.4 Å². The number of sulfonamides is 1. The average Bonchev–Trinajstić information content (AvgIpc) is 2.98. The minimum atomic E-state index is -3.55. The van der Waals surface area contributed by atoms with E-state index in [1.807, 2.05) is 38.1 Å². The standard InChI is InChI=1S/C17H19N3O3S/c1-3-20(13(2)14-7-6-10-18-11-14)24(21,22)12-16-15-8-4-5-9-17(15)23-19-16/h4-11,13H,3,12H2,1-2H3. The van der Waals surface area contributed by atoms with Crippen molar-refractivity contribution < 1.29 is 12.9 Å². The van der Waals surface area contributed by atoms with Gasteiger partial charge in [0.25, 0.3) is 0 Å². The number of pyridine rings is 1. The Hall–Kier alpha value is -2.25. The molecule has 1 aromatic carbocycles. The number of fused-ring (bicyclic) bond motifs is 1. The van der Waals surface area contributed by atoms with Crippen LogP contribution in [0.25, 0.3) is 11.0 Å². The van der Waals surface area contributed by atoms with Crippen LogP contribution in [0.1, 0.15) is 31.1 Å². The smallest absolute Gasteiger partial charge is 0.220 e. The highest BCUT2D eigenvalue weighted by Gasteiger charge is 2.29. The monoisotopic (exact) mass is 345 g/mol. The van der Waals surface area contributed by atoms with Crippen molar-refractivity contribution >= 4 is 21.0 Å². The Bertz CT molecular complexity index is 922. The maximum absolute atomic E-state index is 12.9. The van der Waals surface area contributed by atoms with Gasteiger partial charge in [0.2, 0.25) is 10.0 Å². The van der Waals surface area contributed by atoms with Crippen molar-refractivity contribution in [3.8, 4) is 0 Å². The van der Waals surface area contributed by atoms with Gasteiger partial charge in [-0.1, -0.05) is 30.3 Å². The molecule has 2 aromatic heterocycles. The Morgan fingerprint density at radius 1 is 1.21 bits per heavy atom. The summed E-state index contributed by atoms with van der Waals surface area (Å²) in [7, 11) is -3.55. The molecule has 0 saturated carbocycles. The largest absolute Gasteiger partial charge is 0.356 e. The molecule has 0 aliphatic carbocycles. The molecule has 0 fully saturated rings. The minimum absolute atomic E-state index is 0.192. The zero-order valence-corrected chi connectivity index (χ0v) is 14.4. The van der Waals surface area contributed by atoms with Crippen molar-refractivity contribution in [2.75, 3.05) is 6.54 Å². The van der Waals surface area contributed by atoms with Crippen molar-refractivity contribution in [3.63, 3.8) is 0 Å². The lowest BCUT2D eigenvalue weighted by Gasteiger charge is -2.27. The third-order valence-electron chi connectivity index (χ3n) is 4.04. The summed E-state index contributed by atoms with van der Waals surface area (Å²) in [6.07, 6.45) is 3.36. The molecule has 0 saturated heterocycles. The SMILES string of the molecule is CCN(C(C)c1cccnc1)S(=O)(=O)Cc1noc2ccccc12. The molecule has 3 aromatic rings. The molecule has 0 N–H and O–H groups in total. The van der Waals surface area contributed by atoms with Crippen LogP contribution in [0, 0.1) is 0 Å². The van der Waals surface area contributed by atoms with E-state index in [4.69, 9.17) is 4.52 Å². The van der Waals surface area contributed by atoms with Gasteiger partial charge >= 0.3 is 0 Å². The van der Waals surface area contributed by atoms with Gasteiger partial charge in [0.1, 0.15) is 11.4 Å². The molecule has 0 radical (unpaired) electrons. The van der Waals surface area contributed by atoms with E-state index in [9.17, 15) is 8.42 Å². The van der Waals surface area contributed by atoms with Crippen molar-refractivity contribution in [2.45, 2.75) is 25.6 Å². The average molecular weight is 345 g/mol. The van der Waals surface area contributed by atoms with E-state index < -0.39 is 10.0 Å². The first-order valence-corrected chi connectivity index (χ1v) is 9.36. The van der Waals surface area contributed by atoms with Crippen LogP contribution in [-0.2, 0) is 15.8 Å². The molecule has 0 spiro atoms. The number of hydrogen-bond donors (Lipinski definition) is 0. The van der Waals surface area contributed by atoms with Crippen LogP contribution >= 0.6 is 0 Å². The van der Waals surface area contributed by atoms with Crippen molar-refractivity contribution in [1.29, 1.82) is 0 Å². The molecule has 6 nitrogen and oxygen atoms in total. The summed E-state index contributed by atoms with van der Waals surface area (Å²) in [6, 6.07) is 10.6. The number of para-hydroxylation sites is 1. The van der Waals surface area contributed by atoms with Crippen LogP contribution in [-0.4, -0.2) is 29.4 Å². The van der Waals surface area contributed by atoms with Crippen molar-refractivity contribution in [1.82, 2.24) is 14.4 Å². The van der Waals surface area contributed by atoms with Crippen LogP contribution in [0.2, 0.25) is 0 Å². The fourth-order valence-electron chi connectivity index (χ4n) is 2.80. The third kappa shape index (κ3) is 3.18. The number of hydrogen-bond acceptors (Lipinski definition) is 5. The van der Waals surface area contributed by atoms with Gasteiger partial charge in [-0.2, -0.15) is 4.31 Å². The predicted octanol–water partition coefficient (Wildman–Crippen LogP) is 3.14. The third-order valence-corrected chi connectivity index (χ3v) is 5.97. The lowest BCUT2D eigenvalue weighted by Crippen LogP contribution is -2.34. The van der Waals surface area contributed by atoms with Crippen LogP contribution < -0.4 is 0 Å². The van der Waals surface area contributed by atoms with Gasteiger partial charge in [-0.3, -0.25) is 4.98 Å². The van der Waals surface area contributed by atoms with Gasteiger partial charge in [0.05, 0.1) is 0 Å². The van der Waals surface area contributed by atoms with E-state index in [0.29, 0.717) is 17.8 Å². The Morgan fingerprint density at radius 3 is 2.71 bits per heavy atom. The second-order valence-corrected chi connectivity index (χ2v) is 7.47. The molecule has 3 rings (SSSR count). The molecule has 7 heteroatoms. The summed E-state index contributed by atoms with van der Waals surface area (Å²) < 4.78 is 32.5. The fraction of sp³-hybridized carbons (Fsp3) is 0.294. The predicted molar refractivity (Wildman–Crippen MR) is 91.7 cm³/mol. The molecule has 1 atom stereocenters. The lowest BCUT2D eigenvalue weighted by molar-refractivity contribution is 0.355. The van der Waals surface area contributed by atoms with E-state index in [1.54, 1.807) is 24.5 Å². The summed E-state index contributed by atoms with van der Waals surface area (Å²) >= 11 is 0. The summed E-state index contributed by atoms with van der Waals surface area (Å²) in [6.45, 7) is 4.05. The fourth-order valence-corrected chi connectivity index (χ4v) is 4.52. The van der Waals surface area contributed by atoms with Gasteiger partial charge in [-0.05, 0) is 30.7 Å². The highest BCUT2D eigenvalue weighted by Crippen LogP contribution is 2.26. The Labute approximate surface area is 141 Å². The highest BCUT2D eigenvalue weighted by molar-refractivity contribution is 7.88. The van der Waals surface area contributed by atoms with E-state index in [2.05, 4.69) is 10.1 Å². The quantitative estimate of drug-likeness (QED) is 0.686. The first kappa shape index (κ1) is 16.6. The molecule has 0 bridgehead atoms.